The topological polar surface area (TPSA) is 41.5 Å². The summed E-state index contributed by atoms with van der Waals surface area (Å²) < 4.78 is 18.6. The van der Waals surface area contributed by atoms with E-state index in [1.165, 1.54) is 12.1 Å². The molecule has 3 nitrogen and oxygen atoms in total. The van der Waals surface area contributed by atoms with E-state index in [1.54, 1.807) is 6.07 Å². The first-order chi connectivity index (χ1) is 7.46. The average Bonchev–Trinajstić information content (AvgIpc) is 2.52. The van der Waals surface area contributed by atoms with Gasteiger partial charge in [0.15, 0.2) is 11.6 Å². The molecule has 1 fully saturated rings. The number of hydrogen-bond donors (Lipinski definition) is 2. The third-order valence-electron chi connectivity index (χ3n) is 2.69. The van der Waals surface area contributed by atoms with Crippen LogP contribution >= 0.6 is 0 Å². The summed E-state index contributed by atoms with van der Waals surface area (Å²) in [6.45, 7) is 4.55. The highest BCUT2D eigenvalue weighted by molar-refractivity contribution is 5.28. The van der Waals surface area contributed by atoms with Gasteiger partial charge < -0.3 is 9.84 Å². The van der Waals surface area contributed by atoms with E-state index < -0.39 is 5.82 Å². The highest BCUT2D eigenvalue weighted by atomic mass is 19.1. The fraction of sp³-hybridized carbons (Fsp3) is 0.500. The van der Waals surface area contributed by atoms with Crippen LogP contribution in [0.5, 0.6) is 5.75 Å². The number of phenols is 1. The van der Waals surface area contributed by atoms with Crippen molar-refractivity contribution in [3.05, 3.63) is 29.6 Å². The van der Waals surface area contributed by atoms with Crippen molar-refractivity contribution >= 4 is 0 Å². The van der Waals surface area contributed by atoms with E-state index in [1.807, 2.05) is 13.8 Å². The quantitative estimate of drug-likeness (QED) is 0.806. The Balaban J connectivity index is 2.02. The van der Waals surface area contributed by atoms with E-state index >= 15 is 0 Å². The maximum absolute atomic E-state index is 13.1. The lowest BCUT2D eigenvalue weighted by molar-refractivity contribution is 0.0231. The molecule has 1 aromatic carbocycles. The zero-order valence-electron chi connectivity index (χ0n) is 9.46. The van der Waals surface area contributed by atoms with Crippen molar-refractivity contribution in [3.63, 3.8) is 0 Å². The predicted octanol–water partition coefficient (Wildman–Crippen LogP) is 1.80. The van der Waals surface area contributed by atoms with Crippen LogP contribution in [0, 0.1) is 5.82 Å². The van der Waals surface area contributed by atoms with E-state index in [9.17, 15) is 4.39 Å². The number of ether oxygens (including phenoxy) is 1. The van der Waals surface area contributed by atoms with Crippen LogP contribution in [-0.4, -0.2) is 23.5 Å². The number of hydrogen-bond acceptors (Lipinski definition) is 3. The van der Waals surface area contributed by atoms with Gasteiger partial charge in [0.25, 0.3) is 0 Å². The second-order valence-corrected chi connectivity index (χ2v) is 4.65. The SMILES string of the molecule is CC1(C)NC(Cc2ccc(O)c(F)c2)CO1. The Morgan fingerprint density at radius 1 is 1.56 bits per heavy atom. The van der Waals surface area contributed by atoms with Crippen LogP contribution < -0.4 is 5.32 Å². The highest BCUT2D eigenvalue weighted by Gasteiger charge is 2.30. The fourth-order valence-electron chi connectivity index (χ4n) is 1.96. The maximum Gasteiger partial charge on any atom is 0.165 e. The zero-order valence-corrected chi connectivity index (χ0v) is 9.46. The standard InChI is InChI=1S/C12H16FNO2/c1-12(2)14-9(7-16-12)5-8-3-4-11(15)10(13)6-8/h3-4,6,9,14-15H,5,7H2,1-2H3. The van der Waals surface area contributed by atoms with E-state index in [0.29, 0.717) is 13.0 Å². The van der Waals surface area contributed by atoms with Gasteiger partial charge in [-0.1, -0.05) is 6.07 Å². The summed E-state index contributed by atoms with van der Waals surface area (Å²) in [5, 5.41) is 12.4. The minimum Gasteiger partial charge on any atom is -0.505 e. The predicted molar refractivity (Wildman–Crippen MR) is 58.7 cm³/mol. The highest BCUT2D eigenvalue weighted by Crippen LogP contribution is 2.20. The molecule has 4 heteroatoms. The molecule has 1 saturated heterocycles. The van der Waals surface area contributed by atoms with Gasteiger partial charge in [0.2, 0.25) is 0 Å². The molecule has 88 valence electrons. The lowest BCUT2D eigenvalue weighted by Crippen LogP contribution is -2.39. The molecular formula is C12H16FNO2. The van der Waals surface area contributed by atoms with Crippen LogP contribution in [0.4, 0.5) is 4.39 Å². The van der Waals surface area contributed by atoms with Gasteiger partial charge in [0.1, 0.15) is 5.72 Å². The summed E-state index contributed by atoms with van der Waals surface area (Å²) in [7, 11) is 0. The van der Waals surface area contributed by atoms with E-state index in [-0.39, 0.29) is 17.5 Å². The minimum absolute atomic E-state index is 0.193. The number of phenolic OH excluding ortho intramolecular Hbond substituents is 1. The molecule has 1 atom stereocenters. The number of halogens is 1. The summed E-state index contributed by atoms with van der Waals surface area (Å²) in [6, 6.07) is 4.67. The molecule has 1 unspecified atom stereocenters. The van der Waals surface area contributed by atoms with Crippen LogP contribution in [0.25, 0.3) is 0 Å². The maximum atomic E-state index is 13.1. The van der Waals surface area contributed by atoms with Gasteiger partial charge in [-0.15, -0.1) is 0 Å². The van der Waals surface area contributed by atoms with Crippen LogP contribution in [0.2, 0.25) is 0 Å². The largest absolute Gasteiger partial charge is 0.505 e. The smallest absolute Gasteiger partial charge is 0.165 e. The molecular weight excluding hydrogens is 209 g/mol. The van der Waals surface area contributed by atoms with E-state index in [4.69, 9.17) is 9.84 Å². The Hall–Kier alpha value is -1.13. The summed E-state index contributed by atoms with van der Waals surface area (Å²) in [6.07, 6.45) is 0.695. The van der Waals surface area contributed by atoms with Crippen LogP contribution in [-0.2, 0) is 11.2 Å². The molecule has 1 heterocycles. The van der Waals surface area contributed by atoms with Crippen molar-refractivity contribution in [3.8, 4) is 5.75 Å². The molecule has 0 spiro atoms. The number of benzene rings is 1. The lowest BCUT2D eigenvalue weighted by Gasteiger charge is -2.18. The Morgan fingerprint density at radius 3 is 2.88 bits per heavy atom. The molecule has 2 N–H and O–H groups in total. The Bertz CT molecular complexity index is 393. The molecule has 0 radical (unpaired) electrons. The second-order valence-electron chi connectivity index (χ2n) is 4.65. The zero-order chi connectivity index (χ0) is 11.8. The molecule has 1 aliphatic rings. The monoisotopic (exact) mass is 225 g/mol. The first-order valence-electron chi connectivity index (χ1n) is 5.35. The Labute approximate surface area is 94.2 Å². The number of nitrogens with one attached hydrogen (secondary N) is 1. The number of aromatic hydroxyl groups is 1. The van der Waals surface area contributed by atoms with Crippen molar-refractivity contribution in [1.82, 2.24) is 5.32 Å². The van der Waals surface area contributed by atoms with Crippen molar-refractivity contribution in [2.24, 2.45) is 0 Å². The molecule has 0 aliphatic carbocycles. The van der Waals surface area contributed by atoms with Gasteiger partial charge in [0, 0.05) is 6.04 Å². The third kappa shape index (κ3) is 2.51. The first kappa shape index (κ1) is 11.4. The molecule has 1 aromatic rings. The molecule has 0 aromatic heterocycles. The van der Waals surface area contributed by atoms with Gasteiger partial charge in [-0.3, -0.25) is 5.32 Å². The van der Waals surface area contributed by atoms with Gasteiger partial charge in [-0.05, 0) is 38.0 Å². The summed E-state index contributed by atoms with van der Waals surface area (Å²) in [5.74, 6) is -0.879. The van der Waals surface area contributed by atoms with Crippen LogP contribution in [0.1, 0.15) is 19.4 Å². The Morgan fingerprint density at radius 2 is 2.31 bits per heavy atom. The minimum atomic E-state index is -0.573. The van der Waals surface area contributed by atoms with Gasteiger partial charge in [-0.2, -0.15) is 0 Å². The van der Waals surface area contributed by atoms with Crippen LogP contribution in [0.3, 0.4) is 0 Å². The van der Waals surface area contributed by atoms with E-state index in [0.717, 1.165) is 5.56 Å². The van der Waals surface area contributed by atoms with Crippen molar-refractivity contribution < 1.29 is 14.2 Å². The lowest BCUT2D eigenvalue weighted by atomic mass is 10.1. The molecule has 0 saturated carbocycles. The Kier molecular flexibility index (Phi) is 2.86. The van der Waals surface area contributed by atoms with Crippen molar-refractivity contribution in [1.29, 1.82) is 0 Å². The molecule has 0 amide bonds. The summed E-state index contributed by atoms with van der Waals surface area (Å²) >= 11 is 0. The average molecular weight is 225 g/mol. The van der Waals surface area contributed by atoms with Crippen LogP contribution in [0.15, 0.2) is 18.2 Å². The van der Waals surface area contributed by atoms with Crippen molar-refractivity contribution in [2.75, 3.05) is 6.61 Å². The summed E-state index contributed by atoms with van der Waals surface area (Å²) in [5.41, 5.74) is 0.550. The molecule has 2 rings (SSSR count). The fourth-order valence-corrected chi connectivity index (χ4v) is 1.96. The number of rotatable bonds is 2. The normalized spacial score (nSPS) is 23.6. The molecule has 16 heavy (non-hydrogen) atoms. The second kappa shape index (κ2) is 4.03. The first-order valence-corrected chi connectivity index (χ1v) is 5.35. The van der Waals surface area contributed by atoms with Gasteiger partial charge in [0.05, 0.1) is 6.61 Å². The van der Waals surface area contributed by atoms with Gasteiger partial charge >= 0.3 is 0 Å². The molecule has 0 bridgehead atoms. The van der Waals surface area contributed by atoms with E-state index in [2.05, 4.69) is 5.32 Å². The van der Waals surface area contributed by atoms with Gasteiger partial charge in [-0.25, -0.2) is 4.39 Å². The summed E-state index contributed by atoms with van der Waals surface area (Å²) in [4.78, 5) is 0. The third-order valence-corrected chi connectivity index (χ3v) is 2.69. The molecule has 1 aliphatic heterocycles. The van der Waals surface area contributed by atoms with Crippen molar-refractivity contribution in [2.45, 2.75) is 32.0 Å².